The van der Waals surface area contributed by atoms with E-state index in [-0.39, 0.29) is 30.1 Å². The van der Waals surface area contributed by atoms with Gasteiger partial charge >= 0.3 is 0 Å². The van der Waals surface area contributed by atoms with Gasteiger partial charge in [0.15, 0.2) is 5.82 Å². The number of hydrogen-bond donors (Lipinski definition) is 2. The van der Waals surface area contributed by atoms with Gasteiger partial charge in [0, 0.05) is 35.2 Å². The highest BCUT2D eigenvalue weighted by Crippen LogP contribution is 2.31. The Morgan fingerprint density at radius 2 is 1.97 bits per heavy atom. The molecule has 2 aromatic rings. The highest BCUT2D eigenvalue weighted by atomic mass is 35.5. The number of nitrogens with one attached hydrogen (secondary N) is 2. The number of rotatable bonds is 5. The molecule has 2 N–H and O–H groups in total. The van der Waals surface area contributed by atoms with Gasteiger partial charge in [-0.25, -0.2) is 4.98 Å². The predicted molar refractivity (Wildman–Crippen MR) is 135 cm³/mol. The number of hydrogen-bond acceptors (Lipinski definition) is 6. The lowest BCUT2D eigenvalue weighted by Gasteiger charge is -2.45. The Balaban J connectivity index is 1.49. The van der Waals surface area contributed by atoms with Crippen LogP contribution in [-0.2, 0) is 4.79 Å². The fraction of sp³-hybridized carbons (Fsp3) is 0.522. The lowest BCUT2D eigenvalue weighted by atomic mass is 10.1. The van der Waals surface area contributed by atoms with Crippen molar-refractivity contribution < 1.29 is 4.79 Å². The van der Waals surface area contributed by atoms with E-state index in [2.05, 4.69) is 34.4 Å². The van der Waals surface area contributed by atoms with Crippen LogP contribution in [0.2, 0.25) is 15.1 Å². The fourth-order valence-corrected chi connectivity index (χ4v) is 5.26. The van der Waals surface area contributed by atoms with E-state index in [1.54, 1.807) is 18.3 Å². The van der Waals surface area contributed by atoms with Crippen molar-refractivity contribution >= 4 is 52.5 Å². The zero-order chi connectivity index (χ0) is 23.7. The van der Waals surface area contributed by atoms with Crippen LogP contribution in [-0.4, -0.2) is 58.5 Å². The minimum atomic E-state index is -0.139. The third kappa shape index (κ3) is 5.32. The van der Waals surface area contributed by atoms with Gasteiger partial charge in [-0.05, 0) is 57.9 Å². The molecule has 10 heteroatoms. The van der Waals surface area contributed by atoms with Crippen molar-refractivity contribution in [3.05, 3.63) is 45.0 Å². The standard InChI is InChI=1S/C23H29Cl3N6O/c1-13-12-32(14(2)11-31(13)22(33)20-5-4-8-27-20)23-28-10-19(26)21(30-23)29-15(3)17-7-6-16(24)9-18(17)25/h6-7,9-10,13-15,20,27H,4-5,8,11-12H2,1-3H3,(H,28,29,30)/t13-,14+,15-,20-/m1/s1. The molecule has 1 aromatic carbocycles. The van der Waals surface area contributed by atoms with Gasteiger partial charge in [-0.1, -0.05) is 40.9 Å². The Morgan fingerprint density at radius 1 is 1.18 bits per heavy atom. The number of carbonyl (C=O) groups excluding carboxylic acids is 1. The number of anilines is 2. The summed E-state index contributed by atoms with van der Waals surface area (Å²) in [5, 5.41) is 8.25. The van der Waals surface area contributed by atoms with Crippen molar-refractivity contribution in [1.29, 1.82) is 0 Å². The van der Waals surface area contributed by atoms with Crippen LogP contribution in [0.1, 0.15) is 45.2 Å². The monoisotopic (exact) mass is 510 g/mol. The predicted octanol–water partition coefficient (Wildman–Crippen LogP) is 4.79. The number of nitrogens with zero attached hydrogens (tertiary/aromatic N) is 4. The van der Waals surface area contributed by atoms with E-state index in [9.17, 15) is 4.79 Å². The van der Waals surface area contributed by atoms with E-state index < -0.39 is 0 Å². The molecule has 7 nitrogen and oxygen atoms in total. The molecule has 2 saturated heterocycles. The summed E-state index contributed by atoms with van der Waals surface area (Å²) in [5.41, 5.74) is 0.895. The first-order chi connectivity index (χ1) is 15.7. The Bertz CT molecular complexity index is 1020. The number of piperazine rings is 1. The molecule has 2 fully saturated rings. The molecule has 178 valence electrons. The third-order valence-electron chi connectivity index (χ3n) is 6.40. The molecule has 0 bridgehead atoms. The number of amides is 1. The van der Waals surface area contributed by atoms with Gasteiger partial charge in [0.05, 0.1) is 18.3 Å². The van der Waals surface area contributed by atoms with Crippen LogP contribution in [0.5, 0.6) is 0 Å². The van der Waals surface area contributed by atoms with Gasteiger partial charge in [0.1, 0.15) is 5.02 Å². The van der Waals surface area contributed by atoms with Crippen molar-refractivity contribution in [3.63, 3.8) is 0 Å². The van der Waals surface area contributed by atoms with Crippen molar-refractivity contribution in [1.82, 2.24) is 20.2 Å². The molecule has 4 atom stereocenters. The molecular weight excluding hydrogens is 483 g/mol. The van der Waals surface area contributed by atoms with Crippen molar-refractivity contribution in [2.45, 2.75) is 57.8 Å². The van der Waals surface area contributed by atoms with Crippen LogP contribution in [0.4, 0.5) is 11.8 Å². The van der Waals surface area contributed by atoms with Gasteiger partial charge < -0.3 is 20.4 Å². The topological polar surface area (TPSA) is 73.4 Å². The fourth-order valence-electron chi connectivity index (χ4n) is 4.54. The number of halogens is 3. The van der Waals surface area contributed by atoms with E-state index in [1.807, 2.05) is 17.9 Å². The van der Waals surface area contributed by atoms with E-state index in [0.717, 1.165) is 24.9 Å². The first-order valence-electron chi connectivity index (χ1n) is 11.3. The molecule has 33 heavy (non-hydrogen) atoms. The van der Waals surface area contributed by atoms with Gasteiger partial charge in [-0.3, -0.25) is 4.79 Å². The summed E-state index contributed by atoms with van der Waals surface area (Å²) < 4.78 is 0. The van der Waals surface area contributed by atoms with Crippen LogP contribution in [0.25, 0.3) is 0 Å². The Hall–Kier alpha value is -1.80. The summed E-state index contributed by atoms with van der Waals surface area (Å²) in [6, 6.07) is 5.34. The molecule has 2 aliphatic rings. The molecule has 0 spiro atoms. The lowest BCUT2D eigenvalue weighted by molar-refractivity contribution is -0.136. The second-order valence-electron chi connectivity index (χ2n) is 8.89. The van der Waals surface area contributed by atoms with Gasteiger partial charge in [-0.2, -0.15) is 4.98 Å². The Morgan fingerprint density at radius 3 is 2.67 bits per heavy atom. The van der Waals surface area contributed by atoms with E-state index in [1.165, 1.54) is 0 Å². The maximum absolute atomic E-state index is 13.0. The average molecular weight is 512 g/mol. The van der Waals surface area contributed by atoms with E-state index in [4.69, 9.17) is 39.8 Å². The summed E-state index contributed by atoms with van der Waals surface area (Å²) in [5.74, 6) is 1.31. The summed E-state index contributed by atoms with van der Waals surface area (Å²) in [6.45, 7) is 8.34. The van der Waals surface area contributed by atoms with Crippen LogP contribution in [0, 0.1) is 0 Å². The largest absolute Gasteiger partial charge is 0.362 e. The normalized spacial score (nSPS) is 24.1. The molecule has 2 aliphatic heterocycles. The van der Waals surface area contributed by atoms with E-state index >= 15 is 0 Å². The molecule has 3 heterocycles. The zero-order valence-electron chi connectivity index (χ0n) is 19.0. The van der Waals surface area contributed by atoms with Crippen molar-refractivity contribution in [2.24, 2.45) is 0 Å². The van der Waals surface area contributed by atoms with Crippen molar-refractivity contribution in [3.8, 4) is 0 Å². The zero-order valence-corrected chi connectivity index (χ0v) is 21.3. The summed E-state index contributed by atoms with van der Waals surface area (Å²) in [4.78, 5) is 26.3. The lowest BCUT2D eigenvalue weighted by Crippen LogP contribution is -2.61. The highest BCUT2D eigenvalue weighted by Gasteiger charge is 2.36. The molecule has 0 aliphatic carbocycles. The van der Waals surface area contributed by atoms with Crippen molar-refractivity contribution in [2.75, 3.05) is 29.9 Å². The van der Waals surface area contributed by atoms with E-state index in [0.29, 0.717) is 39.9 Å². The SMILES string of the molecule is C[C@@H]1CN(c2ncc(Cl)c(N[C@H](C)c3ccc(Cl)cc3Cl)n2)[C@@H](C)CN1C(=O)[C@H]1CCCN1. The third-order valence-corrected chi connectivity index (χ3v) is 7.24. The molecule has 0 radical (unpaired) electrons. The van der Waals surface area contributed by atoms with Gasteiger partial charge in [0.25, 0.3) is 0 Å². The Kier molecular flexibility index (Phi) is 7.53. The first kappa shape index (κ1) is 24.3. The average Bonchev–Trinajstić information content (AvgIpc) is 3.31. The van der Waals surface area contributed by atoms with Crippen LogP contribution in [0.15, 0.2) is 24.4 Å². The molecule has 1 aromatic heterocycles. The minimum Gasteiger partial charge on any atom is -0.362 e. The number of aromatic nitrogens is 2. The quantitative estimate of drug-likeness (QED) is 0.601. The second kappa shape index (κ2) is 10.2. The van der Waals surface area contributed by atoms with Crippen LogP contribution >= 0.6 is 34.8 Å². The van der Waals surface area contributed by atoms with Gasteiger partial charge in [0.2, 0.25) is 11.9 Å². The molecular formula is C23H29Cl3N6O. The maximum Gasteiger partial charge on any atom is 0.240 e. The minimum absolute atomic E-state index is 0.0542. The summed E-state index contributed by atoms with van der Waals surface area (Å²) in [7, 11) is 0. The molecule has 1 amide bonds. The first-order valence-corrected chi connectivity index (χ1v) is 12.4. The molecule has 4 rings (SSSR count). The Labute approximate surface area is 209 Å². The molecule has 0 saturated carbocycles. The molecule has 0 unspecified atom stereocenters. The second-order valence-corrected chi connectivity index (χ2v) is 10.1. The smallest absolute Gasteiger partial charge is 0.240 e. The maximum atomic E-state index is 13.0. The highest BCUT2D eigenvalue weighted by molar-refractivity contribution is 6.35. The number of benzene rings is 1. The summed E-state index contributed by atoms with van der Waals surface area (Å²) >= 11 is 18.8. The van der Waals surface area contributed by atoms with Crippen LogP contribution in [0.3, 0.4) is 0 Å². The van der Waals surface area contributed by atoms with Gasteiger partial charge in [-0.15, -0.1) is 0 Å². The van der Waals surface area contributed by atoms with Crippen LogP contribution < -0.4 is 15.5 Å². The number of carbonyl (C=O) groups is 1. The summed E-state index contributed by atoms with van der Waals surface area (Å²) in [6.07, 6.45) is 3.57.